The standard InChI is InChI=1S/C21H17Cl3N6S/c22-15-6-4-14(5-7-15)11-30-12-16(10-25-30)26-21(31)27-20-8-9-29(28-20)13-17-18(23)2-1-3-19(17)24/h1-10,12H,11,13H2,(H2,26,27,28,31). The number of nitrogens with one attached hydrogen (secondary N) is 2. The van der Waals surface area contributed by atoms with E-state index < -0.39 is 0 Å². The summed E-state index contributed by atoms with van der Waals surface area (Å²) in [5, 5.41) is 17.3. The molecule has 0 aliphatic heterocycles. The monoisotopic (exact) mass is 490 g/mol. The van der Waals surface area contributed by atoms with E-state index in [1.54, 1.807) is 23.0 Å². The van der Waals surface area contributed by atoms with Crippen molar-refractivity contribution in [3.63, 3.8) is 0 Å². The number of aromatic nitrogens is 4. The minimum atomic E-state index is 0.409. The third kappa shape index (κ3) is 5.77. The molecule has 0 spiro atoms. The summed E-state index contributed by atoms with van der Waals surface area (Å²) in [5.41, 5.74) is 2.69. The van der Waals surface area contributed by atoms with Gasteiger partial charge in [0.15, 0.2) is 10.9 Å². The van der Waals surface area contributed by atoms with Crippen LogP contribution in [0, 0.1) is 0 Å². The van der Waals surface area contributed by atoms with Crippen molar-refractivity contribution in [3.8, 4) is 0 Å². The predicted molar refractivity (Wildman–Crippen MR) is 130 cm³/mol. The minimum absolute atomic E-state index is 0.409. The van der Waals surface area contributed by atoms with Crippen LogP contribution in [0.25, 0.3) is 0 Å². The maximum Gasteiger partial charge on any atom is 0.176 e. The number of halogens is 3. The van der Waals surface area contributed by atoms with Crippen LogP contribution >= 0.6 is 47.0 Å². The Balaban J connectivity index is 1.33. The van der Waals surface area contributed by atoms with E-state index in [1.165, 1.54) is 0 Å². The lowest BCUT2D eigenvalue weighted by Gasteiger charge is -2.08. The summed E-state index contributed by atoms with van der Waals surface area (Å²) in [4.78, 5) is 0. The lowest BCUT2D eigenvalue weighted by atomic mass is 10.2. The van der Waals surface area contributed by atoms with Crippen LogP contribution in [0.4, 0.5) is 11.5 Å². The average Bonchev–Trinajstić information content (AvgIpc) is 3.36. The number of anilines is 2. The zero-order valence-corrected chi connectivity index (χ0v) is 19.2. The molecule has 0 fully saturated rings. The molecule has 2 heterocycles. The van der Waals surface area contributed by atoms with Crippen LogP contribution in [0.3, 0.4) is 0 Å². The molecule has 6 nitrogen and oxygen atoms in total. The highest BCUT2D eigenvalue weighted by Crippen LogP contribution is 2.25. The highest BCUT2D eigenvalue weighted by atomic mass is 35.5. The van der Waals surface area contributed by atoms with Crippen LogP contribution in [0.2, 0.25) is 15.1 Å². The van der Waals surface area contributed by atoms with Gasteiger partial charge >= 0.3 is 0 Å². The van der Waals surface area contributed by atoms with E-state index in [4.69, 9.17) is 47.0 Å². The Morgan fingerprint density at radius 2 is 1.65 bits per heavy atom. The normalized spacial score (nSPS) is 10.8. The molecule has 158 valence electrons. The second-order valence-electron chi connectivity index (χ2n) is 6.73. The molecule has 31 heavy (non-hydrogen) atoms. The van der Waals surface area contributed by atoms with Crippen LogP contribution < -0.4 is 10.6 Å². The zero-order chi connectivity index (χ0) is 21.8. The van der Waals surface area contributed by atoms with Gasteiger partial charge < -0.3 is 10.6 Å². The van der Waals surface area contributed by atoms with E-state index in [1.807, 2.05) is 53.5 Å². The van der Waals surface area contributed by atoms with E-state index in [0.29, 0.717) is 39.1 Å². The Morgan fingerprint density at radius 3 is 2.39 bits per heavy atom. The first-order chi connectivity index (χ1) is 15.0. The molecule has 10 heteroatoms. The van der Waals surface area contributed by atoms with E-state index >= 15 is 0 Å². The second-order valence-corrected chi connectivity index (χ2v) is 8.39. The van der Waals surface area contributed by atoms with Gasteiger partial charge in [0.1, 0.15) is 0 Å². The SMILES string of the molecule is S=C(Nc1cnn(Cc2ccc(Cl)cc2)c1)Nc1ccn(Cc2c(Cl)cccc2Cl)n1. The summed E-state index contributed by atoms with van der Waals surface area (Å²) in [5.74, 6) is 0.606. The number of benzene rings is 2. The van der Waals surface area contributed by atoms with Crippen molar-refractivity contribution in [2.45, 2.75) is 13.1 Å². The highest BCUT2D eigenvalue weighted by molar-refractivity contribution is 7.80. The van der Waals surface area contributed by atoms with Crippen LogP contribution in [-0.4, -0.2) is 24.7 Å². The Kier molecular flexibility index (Phi) is 6.77. The largest absolute Gasteiger partial charge is 0.330 e. The summed E-state index contributed by atoms with van der Waals surface area (Å²) in [6.45, 7) is 1.09. The van der Waals surface area contributed by atoms with Gasteiger partial charge in [0.05, 0.1) is 25.0 Å². The van der Waals surface area contributed by atoms with Crippen molar-refractivity contribution in [3.05, 3.63) is 93.3 Å². The lowest BCUT2D eigenvalue weighted by molar-refractivity contribution is 0.687. The summed E-state index contributed by atoms with van der Waals surface area (Å²) in [6, 6.07) is 14.9. The molecule has 4 rings (SSSR count). The molecule has 0 amide bonds. The van der Waals surface area contributed by atoms with Crippen LogP contribution in [0.5, 0.6) is 0 Å². The molecule has 4 aromatic rings. The smallest absolute Gasteiger partial charge is 0.176 e. The molecule has 2 aromatic carbocycles. The van der Waals surface area contributed by atoms with Gasteiger partial charge in [0.2, 0.25) is 0 Å². The van der Waals surface area contributed by atoms with Gasteiger partial charge in [-0.1, -0.05) is 53.0 Å². The van der Waals surface area contributed by atoms with E-state index in [9.17, 15) is 0 Å². The molecule has 0 bridgehead atoms. The van der Waals surface area contributed by atoms with E-state index in [2.05, 4.69) is 20.8 Å². The first-order valence-corrected chi connectivity index (χ1v) is 10.8. The summed E-state index contributed by atoms with van der Waals surface area (Å²) in [7, 11) is 0. The summed E-state index contributed by atoms with van der Waals surface area (Å²) < 4.78 is 3.55. The van der Waals surface area contributed by atoms with Crippen molar-refractivity contribution < 1.29 is 0 Å². The third-order valence-electron chi connectivity index (χ3n) is 4.41. The van der Waals surface area contributed by atoms with Crippen molar-refractivity contribution in [1.82, 2.24) is 19.6 Å². The number of hydrogen-bond donors (Lipinski definition) is 2. The van der Waals surface area contributed by atoms with Crippen LogP contribution in [-0.2, 0) is 13.1 Å². The first kappa shape index (κ1) is 21.6. The molecular formula is C21H17Cl3N6S. The predicted octanol–water partition coefficient (Wildman–Crippen LogP) is 5.95. The van der Waals surface area contributed by atoms with Gasteiger partial charge in [-0.3, -0.25) is 9.36 Å². The molecule has 0 aliphatic carbocycles. The van der Waals surface area contributed by atoms with Gasteiger partial charge in [-0.25, -0.2) is 0 Å². The number of nitrogens with zero attached hydrogens (tertiary/aromatic N) is 4. The number of rotatable bonds is 6. The summed E-state index contributed by atoms with van der Waals surface area (Å²) >= 11 is 23.8. The van der Waals surface area contributed by atoms with Crippen molar-refractivity contribution in [2.24, 2.45) is 0 Å². The molecule has 0 unspecified atom stereocenters. The van der Waals surface area contributed by atoms with E-state index in [-0.39, 0.29) is 0 Å². The molecule has 0 aliphatic rings. The fourth-order valence-electron chi connectivity index (χ4n) is 2.93. The van der Waals surface area contributed by atoms with E-state index in [0.717, 1.165) is 16.8 Å². The number of thiocarbonyl (C=S) groups is 1. The molecule has 0 saturated heterocycles. The average molecular weight is 492 g/mol. The van der Waals surface area contributed by atoms with Crippen molar-refractivity contribution >= 4 is 63.6 Å². The third-order valence-corrected chi connectivity index (χ3v) is 5.58. The Bertz CT molecular complexity index is 1180. The van der Waals surface area contributed by atoms with Crippen LogP contribution in [0.15, 0.2) is 67.1 Å². The topological polar surface area (TPSA) is 59.7 Å². The fraction of sp³-hybridized carbons (Fsp3) is 0.0952. The molecule has 2 N–H and O–H groups in total. The zero-order valence-electron chi connectivity index (χ0n) is 16.1. The van der Waals surface area contributed by atoms with Gasteiger partial charge in [-0.05, 0) is 42.0 Å². The molecule has 0 saturated carbocycles. The quantitative estimate of drug-likeness (QED) is 0.327. The maximum absolute atomic E-state index is 6.24. The molecule has 2 aromatic heterocycles. The lowest BCUT2D eigenvalue weighted by Crippen LogP contribution is -2.19. The fourth-order valence-corrected chi connectivity index (χ4v) is 3.80. The first-order valence-electron chi connectivity index (χ1n) is 9.27. The van der Waals surface area contributed by atoms with Gasteiger partial charge in [0.25, 0.3) is 0 Å². The molecule has 0 radical (unpaired) electrons. The molecule has 0 atom stereocenters. The van der Waals surface area contributed by atoms with Gasteiger partial charge in [-0.2, -0.15) is 10.2 Å². The minimum Gasteiger partial charge on any atom is -0.330 e. The molecular weight excluding hydrogens is 475 g/mol. The summed E-state index contributed by atoms with van der Waals surface area (Å²) in [6.07, 6.45) is 5.41. The second kappa shape index (κ2) is 9.70. The Labute approximate surface area is 199 Å². The highest BCUT2D eigenvalue weighted by Gasteiger charge is 2.09. The van der Waals surface area contributed by atoms with Gasteiger partial charge in [-0.15, -0.1) is 0 Å². The Hall–Kier alpha value is -2.58. The van der Waals surface area contributed by atoms with Crippen LogP contribution in [0.1, 0.15) is 11.1 Å². The van der Waals surface area contributed by atoms with Crippen molar-refractivity contribution in [1.29, 1.82) is 0 Å². The van der Waals surface area contributed by atoms with Crippen molar-refractivity contribution in [2.75, 3.05) is 10.6 Å². The Morgan fingerprint density at radius 1 is 0.903 bits per heavy atom. The maximum atomic E-state index is 6.24. The van der Waals surface area contributed by atoms with Gasteiger partial charge in [0, 0.05) is 39.1 Å². The number of hydrogen-bond acceptors (Lipinski definition) is 3.